The maximum absolute atomic E-state index is 6.00. The summed E-state index contributed by atoms with van der Waals surface area (Å²) in [5.41, 5.74) is 29.9. The molecule has 0 saturated heterocycles. The number of nitrogens with one attached hydrogen (secondary N) is 2. The molecule has 6 N–H and O–H groups in total. The van der Waals surface area contributed by atoms with Crippen LogP contribution < -0.4 is 22.1 Å². The zero-order valence-corrected chi connectivity index (χ0v) is 41.7. The molecule has 362 valence electrons. The van der Waals surface area contributed by atoms with Gasteiger partial charge < -0.3 is 22.1 Å². The standard InChI is InChI=1S/C31H27N5.C25H20N2.C3Cl3N3.CH4/c1-20-33-21(2)35-30(34-20)36-25-18-14-23(15-19-25)31(22-12-16-24(32-3)17-13-22)28-10-6-4-8-26(28)27-9-5-7-11-29(27)31;26-19-13-9-17(10-14-19)25(18-11-15-20(27)16-12-18)23-7-3-1-5-21(23)22-6-2-4-8-24(22)25;4-1-7-2(5)9-3(6)8-1;/h4-19,32H,1-3H3,(H,33,34,35,36);1-16H,26-27H2;;1H4. The van der Waals surface area contributed by atoms with E-state index in [9.17, 15) is 0 Å². The fraction of sp³-hybridized carbons (Fsp3) is 0.100. The van der Waals surface area contributed by atoms with Gasteiger partial charge in [0.15, 0.2) is 0 Å². The first kappa shape index (κ1) is 49.8. The van der Waals surface area contributed by atoms with Gasteiger partial charge in [-0.1, -0.05) is 153 Å². The molecule has 10 nitrogen and oxygen atoms in total. The van der Waals surface area contributed by atoms with Crippen LogP contribution in [0.5, 0.6) is 0 Å². The Morgan fingerprint density at radius 1 is 0.370 bits per heavy atom. The van der Waals surface area contributed by atoms with Crippen LogP contribution >= 0.6 is 34.8 Å². The van der Waals surface area contributed by atoms with E-state index in [0.29, 0.717) is 17.6 Å². The van der Waals surface area contributed by atoms with Crippen LogP contribution in [-0.2, 0) is 10.8 Å². The predicted molar refractivity (Wildman–Crippen MR) is 300 cm³/mol. The van der Waals surface area contributed by atoms with E-state index in [1.165, 1.54) is 66.8 Å². The number of halogens is 3. The first-order chi connectivity index (χ1) is 35.0. The van der Waals surface area contributed by atoms with Crippen LogP contribution in [0.15, 0.2) is 194 Å². The van der Waals surface area contributed by atoms with Gasteiger partial charge in [-0.2, -0.15) is 24.9 Å². The number of fused-ring (bicyclic) bond motifs is 6. The van der Waals surface area contributed by atoms with Crippen LogP contribution in [0.1, 0.15) is 63.6 Å². The summed E-state index contributed by atoms with van der Waals surface area (Å²) >= 11 is 16.0. The molecule has 0 atom stereocenters. The summed E-state index contributed by atoms with van der Waals surface area (Å²) in [6, 6.07) is 68.9. The summed E-state index contributed by atoms with van der Waals surface area (Å²) < 4.78 is 0. The minimum Gasteiger partial charge on any atom is -0.399 e. The summed E-state index contributed by atoms with van der Waals surface area (Å²) in [6.45, 7) is 3.75. The van der Waals surface area contributed by atoms with Gasteiger partial charge in [0.2, 0.25) is 21.8 Å². The molecule has 0 radical (unpaired) electrons. The number of benzene rings is 8. The first-order valence-electron chi connectivity index (χ1n) is 23.2. The van der Waals surface area contributed by atoms with Gasteiger partial charge in [-0.05, 0) is 164 Å². The number of aromatic nitrogens is 6. The van der Waals surface area contributed by atoms with Gasteiger partial charge in [-0.15, -0.1) is 0 Å². The topological polar surface area (TPSA) is 153 Å². The molecule has 13 heteroatoms. The van der Waals surface area contributed by atoms with Crippen LogP contribution in [-0.4, -0.2) is 37.0 Å². The number of hydrogen-bond donors (Lipinski definition) is 4. The van der Waals surface area contributed by atoms with Crippen molar-refractivity contribution >= 4 is 63.5 Å². The quantitative estimate of drug-likeness (QED) is 0.113. The number of nitrogen functional groups attached to an aromatic ring is 2. The van der Waals surface area contributed by atoms with Gasteiger partial charge in [0.25, 0.3) is 0 Å². The monoisotopic (exact) mass is 1020 g/mol. The minimum atomic E-state index is -0.418. The van der Waals surface area contributed by atoms with E-state index in [2.05, 4.69) is 210 Å². The highest BCUT2D eigenvalue weighted by molar-refractivity contribution is 6.33. The smallest absolute Gasteiger partial charge is 0.230 e. The van der Waals surface area contributed by atoms with Crippen molar-refractivity contribution in [3.05, 3.63) is 266 Å². The number of anilines is 5. The van der Waals surface area contributed by atoms with Crippen molar-refractivity contribution < 1.29 is 0 Å². The van der Waals surface area contributed by atoms with Gasteiger partial charge in [-0.3, -0.25) is 0 Å². The van der Waals surface area contributed by atoms with Crippen LogP contribution in [0.4, 0.5) is 28.7 Å². The Hall–Kier alpha value is -8.15. The molecule has 0 aliphatic heterocycles. The molecule has 0 saturated carbocycles. The molecule has 2 heterocycles. The Labute approximate surface area is 440 Å². The second kappa shape index (κ2) is 20.9. The molecule has 0 fully saturated rings. The summed E-state index contributed by atoms with van der Waals surface area (Å²) in [7, 11) is 1.95. The second-order valence-electron chi connectivity index (χ2n) is 17.4. The van der Waals surface area contributed by atoms with E-state index in [-0.39, 0.29) is 28.7 Å². The van der Waals surface area contributed by atoms with Gasteiger partial charge in [0, 0.05) is 29.8 Å². The molecule has 2 aromatic heterocycles. The van der Waals surface area contributed by atoms with Crippen molar-refractivity contribution in [1.29, 1.82) is 0 Å². The van der Waals surface area contributed by atoms with Crippen molar-refractivity contribution in [3.8, 4) is 22.3 Å². The Morgan fingerprint density at radius 2 is 0.658 bits per heavy atom. The van der Waals surface area contributed by atoms with Gasteiger partial charge in [0.05, 0.1) is 10.8 Å². The highest BCUT2D eigenvalue weighted by Gasteiger charge is 2.47. The second-order valence-corrected chi connectivity index (χ2v) is 18.4. The number of nitrogens with two attached hydrogens (primary N) is 2. The molecule has 2 aliphatic carbocycles. The van der Waals surface area contributed by atoms with Crippen molar-refractivity contribution in [2.75, 3.05) is 29.1 Å². The molecule has 73 heavy (non-hydrogen) atoms. The predicted octanol–water partition coefficient (Wildman–Crippen LogP) is 14.3. The van der Waals surface area contributed by atoms with Crippen molar-refractivity contribution in [3.63, 3.8) is 0 Å². The van der Waals surface area contributed by atoms with E-state index in [4.69, 9.17) is 46.3 Å². The maximum Gasteiger partial charge on any atom is 0.230 e. The van der Waals surface area contributed by atoms with Gasteiger partial charge in [-0.25, -0.2) is 4.98 Å². The van der Waals surface area contributed by atoms with E-state index in [1.54, 1.807) is 0 Å². The lowest BCUT2D eigenvalue weighted by Crippen LogP contribution is -2.28. The molecule has 0 spiro atoms. The van der Waals surface area contributed by atoms with E-state index < -0.39 is 5.41 Å². The lowest BCUT2D eigenvalue weighted by molar-refractivity contribution is 0.768. The maximum atomic E-state index is 6.00. The highest BCUT2D eigenvalue weighted by atomic mass is 35.5. The van der Waals surface area contributed by atoms with Crippen LogP contribution in [0.25, 0.3) is 22.3 Å². The molecular formula is C60H51Cl3N10. The molecular weight excluding hydrogens is 967 g/mol. The van der Waals surface area contributed by atoms with Gasteiger partial charge >= 0.3 is 0 Å². The third kappa shape index (κ3) is 9.32. The Morgan fingerprint density at radius 3 is 0.973 bits per heavy atom. The lowest BCUT2D eigenvalue weighted by Gasteiger charge is -2.34. The minimum absolute atomic E-state index is 0. The van der Waals surface area contributed by atoms with E-state index >= 15 is 0 Å². The van der Waals surface area contributed by atoms with Crippen LogP contribution in [0.3, 0.4) is 0 Å². The summed E-state index contributed by atoms with van der Waals surface area (Å²) in [5, 5.41) is 6.59. The molecule has 0 unspecified atom stereocenters. The third-order valence-corrected chi connectivity index (χ3v) is 13.7. The number of aryl methyl sites for hydroxylation is 2. The number of hydrogen-bond acceptors (Lipinski definition) is 10. The van der Waals surface area contributed by atoms with Crippen molar-refractivity contribution in [2.45, 2.75) is 32.1 Å². The molecule has 0 amide bonds. The van der Waals surface area contributed by atoms with Crippen molar-refractivity contribution in [1.82, 2.24) is 29.9 Å². The summed E-state index contributed by atoms with van der Waals surface area (Å²) in [6.07, 6.45) is 0. The Kier molecular flexibility index (Phi) is 14.3. The molecule has 2 aliphatic rings. The van der Waals surface area contributed by atoms with E-state index in [0.717, 1.165) is 22.7 Å². The third-order valence-electron chi connectivity index (χ3n) is 13.2. The fourth-order valence-electron chi connectivity index (χ4n) is 10.3. The number of rotatable bonds is 7. The zero-order valence-electron chi connectivity index (χ0n) is 39.4. The Bertz CT molecular complexity index is 3360. The summed E-state index contributed by atoms with van der Waals surface area (Å²) in [4.78, 5) is 23.5. The normalized spacial score (nSPS) is 12.7. The zero-order chi connectivity index (χ0) is 50.0. The average molecular weight is 1020 g/mol. The average Bonchev–Trinajstić information content (AvgIpc) is 3.86. The van der Waals surface area contributed by atoms with Crippen LogP contribution in [0, 0.1) is 13.8 Å². The molecule has 12 rings (SSSR count). The van der Waals surface area contributed by atoms with E-state index in [1.807, 2.05) is 45.2 Å². The molecule has 0 bridgehead atoms. The highest BCUT2D eigenvalue weighted by Crippen LogP contribution is 2.57. The molecule has 8 aromatic carbocycles. The van der Waals surface area contributed by atoms with Crippen molar-refractivity contribution in [2.24, 2.45) is 0 Å². The van der Waals surface area contributed by atoms with Gasteiger partial charge in [0.1, 0.15) is 11.6 Å². The lowest BCUT2D eigenvalue weighted by atomic mass is 9.67. The largest absolute Gasteiger partial charge is 0.399 e. The molecule has 10 aromatic rings. The first-order valence-corrected chi connectivity index (χ1v) is 24.3. The fourth-order valence-corrected chi connectivity index (χ4v) is 10.9. The van der Waals surface area contributed by atoms with Crippen LogP contribution in [0.2, 0.25) is 15.9 Å². The number of nitrogens with zero attached hydrogens (tertiary/aromatic N) is 6. The SMILES string of the molecule is C.CNc1ccc(C2(c3ccc(Nc4nc(C)nc(C)n4)cc3)c3ccccc3-c3ccccc32)cc1.Clc1nc(Cl)nc(Cl)n1.Nc1ccc(C2(c3ccc(N)cc3)c3ccccc3-c3ccccc32)cc1. The summed E-state index contributed by atoms with van der Waals surface area (Å²) in [5.74, 6) is 1.95. The Balaban J connectivity index is 0.000000156.